The number of aryl methyl sites for hydroxylation is 1. The van der Waals surface area contributed by atoms with Crippen LogP contribution in [0.4, 0.5) is 14.6 Å². The summed E-state index contributed by atoms with van der Waals surface area (Å²) in [4.78, 5) is 8.99. The van der Waals surface area contributed by atoms with Gasteiger partial charge in [-0.25, -0.2) is 4.39 Å². The topological polar surface area (TPSA) is 64.0 Å². The van der Waals surface area contributed by atoms with E-state index in [9.17, 15) is 14.0 Å². The van der Waals surface area contributed by atoms with Crippen molar-refractivity contribution in [3.8, 4) is 0 Å². The molecule has 0 aliphatic carbocycles. The zero-order valence-corrected chi connectivity index (χ0v) is 24.3. The van der Waals surface area contributed by atoms with Gasteiger partial charge >= 0.3 is 0 Å². The number of anilines is 1. The van der Waals surface area contributed by atoms with E-state index in [0.29, 0.717) is 30.0 Å². The third kappa shape index (κ3) is 9.75. The Balaban J connectivity index is 2.51. The van der Waals surface area contributed by atoms with Crippen LogP contribution in [-0.2, 0) is 0 Å². The number of halogens is 2. The number of allylic oxidation sites excluding steroid dienone is 7. The Morgan fingerprint density at radius 3 is 2.62 bits per heavy atom. The molecule has 1 aromatic rings. The summed E-state index contributed by atoms with van der Waals surface area (Å²) in [7, 11) is 0. The number of nitrogens with one attached hydrogen (secondary N) is 1. The SMILES string of the molecule is C=CCCN(CCC)C(=C)/C=C(\C=C(/C)N1CC(C)(O)C1)c1cc(NC(=C)C(/C=C/CF)=C/C=NF)cnc1C. The molecule has 1 aliphatic heterocycles. The smallest absolute Gasteiger partial charge is 0.108 e. The van der Waals surface area contributed by atoms with Crippen LogP contribution in [0.3, 0.4) is 0 Å². The molecular formula is C32H43F2N5O. The molecule has 216 valence electrons. The fourth-order valence-electron chi connectivity index (χ4n) is 4.40. The van der Waals surface area contributed by atoms with Crippen molar-refractivity contribution in [3.63, 3.8) is 0 Å². The molecule has 0 aromatic carbocycles. The average Bonchev–Trinajstić information content (AvgIpc) is 2.90. The molecule has 0 bridgehead atoms. The van der Waals surface area contributed by atoms with E-state index in [-0.39, 0.29) is 0 Å². The maximum atomic E-state index is 12.7. The van der Waals surface area contributed by atoms with E-state index >= 15 is 0 Å². The van der Waals surface area contributed by atoms with Gasteiger partial charge < -0.3 is 20.2 Å². The first kappa shape index (κ1) is 32.4. The van der Waals surface area contributed by atoms with Crippen LogP contribution in [0.1, 0.15) is 44.9 Å². The van der Waals surface area contributed by atoms with Gasteiger partial charge in [0.05, 0.1) is 23.7 Å². The second kappa shape index (κ2) is 15.7. The lowest BCUT2D eigenvalue weighted by Gasteiger charge is -2.46. The Morgan fingerprint density at radius 1 is 1.30 bits per heavy atom. The molecule has 1 fully saturated rings. The summed E-state index contributed by atoms with van der Waals surface area (Å²) in [5.41, 5.74) is 5.41. The van der Waals surface area contributed by atoms with Crippen LogP contribution in [0.5, 0.6) is 0 Å². The van der Waals surface area contributed by atoms with Gasteiger partial charge in [0.1, 0.15) is 6.67 Å². The van der Waals surface area contributed by atoms with Crippen molar-refractivity contribution in [3.05, 3.63) is 102 Å². The van der Waals surface area contributed by atoms with E-state index in [2.05, 4.69) is 64.1 Å². The van der Waals surface area contributed by atoms with E-state index < -0.39 is 12.3 Å². The highest BCUT2D eigenvalue weighted by molar-refractivity contribution is 5.80. The van der Waals surface area contributed by atoms with Crippen LogP contribution in [0, 0.1) is 6.92 Å². The Morgan fingerprint density at radius 2 is 2.02 bits per heavy atom. The Bertz CT molecular complexity index is 1200. The number of aromatic nitrogens is 1. The van der Waals surface area contributed by atoms with Gasteiger partial charge in [-0.1, -0.05) is 48.0 Å². The molecule has 2 rings (SSSR count). The van der Waals surface area contributed by atoms with Gasteiger partial charge in [-0.3, -0.25) is 4.98 Å². The first-order valence-electron chi connectivity index (χ1n) is 13.5. The summed E-state index contributed by atoms with van der Waals surface area (Å²) in [5.74, 6) is 0. The van der Waals surface area contributed by atoms with Crippen molar-refractivity contribution in [1.82, 2.24) is 14.8 Å². The molecule has 0 amide bonds. The number of rotatable bonds is 16. The lowest BCUT2D eigenvalue weighted by molar-refractivity contribution is -0.0663. The van der Waals surface area contributed by atoms with Crippen LogP contribution in [0.2, 0.25) is 0 Å². The summed E-state index contributed by atoms with van der Waals surface area (Å²) in [6.07, 6.45) is 14.8. The van der Waals surface area contributed by atoms with E-state index in [1.807, 2.05) is 32.9 Å². The van der Waals surface area contributed by atoms with Crippen molar-refractivity contribution < 1.29 is 14.0 Å². The van der Waals surface area contributed by atoms with Gasteiger partial charge in [0.2, 0.25) is 0 Å². The zero-order valence-electron chi connectivity index (χ0n) is 24.3. The minimum atomic E-state index is -0.693. The number of alkyl halides is 1. The fourth-order valence-corrected chi connectivity index (χ4v) is 4.40. The molecule has 40 heavy (non-hydrogen) atoms. The van der Waals surface area contributed by atoms with Crippen LogP contribution >= 0.6 is 0 Å². The number of β-amino-alcohol motifs (C(OH)–C–C–N with tert-alkyl or cyclic N) is 1. The number of pyridine rings is 1. The van der Waals surface area contributed by atoms with Gasteiger partial charge in [0, 0.05) is 54.5 Å². The van der Waals surface area contributed by atoms with E-state index in [1.165, 1.54) is 18.2 Å². The highest BCUT2D eigenvalue weighted by Gasteiger charge is 2.36. The summed E-state index contributed by atoms with van der Waals surface area (Å²) in [6.45, 7) is 22.4. The van der Waals surface area contributed by atoms with Gasteiger partial charge in [-0.15, -0.1) is 6.58 Å². The monoisotopic (exact) mass is 551 g/mol. The predicted molar refractivity (Wildman–Crippen MR) is 164 cm³/mol. The number of hydrogen-bond donors (Lipinski definition) is 2. The van der Waals surface area contributed by atoms with E-state index in [4.69, 9.17) is 0 Å². The van der Waals surface area contributed by atoms with Gasteiger partial charge in [0.15, 0.2) is 0 Å². The molecule has 2 heterocycles. The number of nitrogens with zero attached hydrogens (tertiary/aromatic N) is 4. The lowest BCUT2D eigenvalue weighted by Crippen LogP contribution is -2.58. The van der Waals surface area contributed by atoms with Crippen molar-refractivity contribution in [1.29, 1.82) is 0 Å². The summed E-state index contributed by atoms with van der Waals surface area (Å²) in [6, 6.07) is 1.97. The predicted octanol–water partition coefficient (Wildman–Crippen LogP) is 6.88. The molecule has 8 heteroatoms. The average molecular weight is 552 g/mol. The summed E-state index contributed by atoms with van der Waals surface area (Å²) >= 11 is 0. The maximum Gasteiger partial charge on any atom is 0.108 e. The minimum absolute atomic E-state index is 0.434. The Kier molecular flexibility index (Phi) is 12.7. The molecular weight excluding hydrogens is 508 g/mol. The molecule has 0 spiro atoms. The molecule has 0 radical (unpaired) electrons. The van der Waals surface area contributed by atoms with Crippen molar-refractivity contribution in [2.24, 2.45) is 5.21 Å². The Labute approximate surface area is 238 Å². The first-order valence-corrected chi connectivity index (χ1v) is 13.5. The number of hydrogen-bond acceptors (Lipinski definition) is 6. The van der Waals surface area contributed by atoms with Crippen LogP contribution in [0.15, 0.2) is 96.3 Å². The zero-order chi connectivity index (χ0) is 29.7. The molecule has 0 atom stereocenters. The van der Waals surface area contributed by atoms with Gasteiger partial charge in [-0.05, 0) is 69.1 Å². The van der Waals surface area contributed by atoms with E-state index in [1.54, 1.807) is 6.20 Å². The Hall–Kier alpha value is -3.78. The fraction of sp³-hybridized carbons (Fsp3) is 0.375. The first-order chi connectivity index (χ1) is 19.0. The molecule has 0 unspecified atom stereocenters. The summed E-state index contributed by atoms with van der Waals surface area (Å²) < 4.78 is 25.1. The van der Waals surface area contributed by atoms with Crippen LogP contribution < -0.4 is 5.32 Å². The molecule has 1 saturated heterocycles. The van der Waals surface area contributed by atoms with Crippen molar-refractivity contribution >= 4 is 17.5 Å². The van der Waals surface area contributed by atoms with E-state index in [0.717, 1.165) is 60.4 Å². The highest BCUT2D eigenvalue weighted by atomic mass is 19.2. The van der Waals surface area contributed by atoms with Gasteiger partial charge in [-0.2, -0.15) is 0 Å². The molecule has 2 N–H and O–H groups in total. The lowest BCUT2D eigenvalue weighted by atomic mass is 9.95. The quantitative estimate of drug-likeness (QED) is 0.133. The summed E-state index contributed by atoms with van der Waals surface area (Å²) in [5, 5.41) is 16.0. The molecule has 1 aromatic heterocycles. The minimum Gasteiger partial charge on any atom is -0.386 e. The van der Waals surface area contributed by atoms with Crippen LogP contribution in [0.25, 0.3) is 5.57 Å². The van der Waals surface area contributed by atoms with Crippen molar-refractivity contribution in [2.45, 2.75) is 46.1 Å². The standard InChI is InChI=1S/C32H43F2N5O/c1-8-10-17-38(16-9-2)24(3)18-29(19-25(4)39-22-32(7,40)23-39)31-20-30(21-35-27(31)6)37-26(5)28(12-11-14-33)13-15-36-34/h8,11-13,15,18-21,37,40H,1,3,5,9-10,14,16-17,22-23H2,2,4,6-7H3/b12-11+,25-19+,28-13+,29-18+,36-15?. The highest BCUT2D eigenvalue weighted by Crippen LogP contribution is 2.30. The molecule has 0 saturated carbocycles. The second-order valence-electron chi connectivity index (χ2n) is 10.2. The van der Waals surface area contributed by atoms with Crippen LogP contribution in [-0.4, -0.2) is 64.6 Å². The third-order valence-electron chi connectivity index (χ3n) is 6.49. The maximum absolute atomic E-state index is 12.7. The molecule has 1 aliphatic rings. The van der Waals surface area contributed by atoms with Crippen molar-refractivity contribution in [2.75, 3.05) is 38.2 Å². The normalized spacial score (nSPS) is 15.9. The largest absolute Gasteiger partial charge is 0.386 e. The number of likely N-dealkylation sites (tertiary alicyclic amines) is 1. The number of aliphatic hydroxyl groups is 1. The van der Waals surface area contributed by atoms with Gasteiger partial charge in [0.25, 0.3) is 0 Å². The molecule has 6 nitrogen and oxygen atoms in total. The second-order valence-corrected chi connectivity index (χ2v) is 10.2. The third-order valence-corrected chi connectivity index (χ3v) is 6.49.